The summed E-state index contributed by atoms with van der Waals surface area (Å²) in [6.07, 6.45) is 3.43. The summed E-state index contributed by atoms with van der Waals surface area (Å²) in [6, 6.07) is 5.50. The van der Waals surface area contributed by atoms with Crippen molar-refractivity contribution in [2.75, 3.05) is 6.61 Å². The Balaban J connectivity index is 1.94. The van der Waals surface area contributed by atoms with Gasteiger partial charge in [0.1, 0.15) is 5.82 Å². The number of nitrogens with one attached hydrogen (secondary N) is 2. The van der Waals surface area contributed by atoms with E-state index in [2.05, 4.69) is 10.6 Å². The SMILES string of the molecule is N#Cc1ccc(F)c(CNC(=O)NC2(CO)CCCC2)c1. The van der Waals surface area contributed by atoms with Crippen LogP contribution in [-0.4, -0.2) is 23.3 Å². The lowest BCUT2D eigenvalue weighted by Gasteiger charge is -2.28. The highest BCUT2D eigenvalue weighted by molar-refractivity contribution is 5.74. The van der Waals surface area contributed by atoms with Crippen LogP contribution in [0.4, 0.5) is 9.18 Å². The molecule has 0 unspecified atom stereocenters. The zero-order valence-corrected chi connectivity index (χ0v) is 11.7. The van der Waals surface area contributed by atoms with Gasteiger partial charge in [-0.15, -0.1) is 0 Å². The quantitative estimate of drug-likeness (QED) is 0.790. The number of benzene rings is 1. The minimum absolute atomic E-state index is 0.00526. The second-order valence-corrected chi connectivity index (χ2v) is 5.37. The molecule has 0 heterocycles. The lowest BCUT2D eigenvalue weighted by Crippen LogP contribution is -2.52. The number of aliphatic hydroxyl groups excluding tert-OH is 1. The summed E-state index contributed by atoms with van der Waals surface area (Å²) < 4.78 is 13.6. The van der Waals surface area contributed by atoms with Gasteiger partial charge in [0.15, 0.2) is 0 Å². The standard InChI is InChI=1S/C15H18FN3O2/c16-13-4-3-11(8-17)7-12(13)9-18-14(21)19-15(10-20)5-1-2-6-15/h3-4,7,20H,1-2,5-6,9-10H2,(H2,18,19,21). The molecule has 1 fully saturated rings. The summed E-state index contributed by atoms with van der Waals surface area (Å²) >= 11 is 0. The molecule has 1 aromatic carbocycles. The van der Waals surface area contributed by atoms with E-state index in [1.807, 2.05) is 6.07 Å². The molecular weight excluding hydrogens is 273 g/mol. The van der Waals surface area contributed by atoms with Gasteiger partial charge >= 0.3 is 6.03 Å². The van der Waals surface area contributed by atoms with Crippen LogP contribution in [0.1, 0.15) is 36.8 Å². The van der Waals surface area contributed by atoms with Crippen molar-refractivity contribution >= 4 is 6.03 Å². The average molecular weight is 291 g/mol. The molecule has 6 heteroatoms. The van der Waals surface area contributed by atoms with Crippen LogP contribution in [0.2, 0.25) is 0 Å². The van der Waals surface area contributed by atoms with Crippen LogP contribution in [0.5, 0.6) is 0 Å². The van der Waals surface area contributed by atoms with Crippen LogP contribution < -0.4 is 10.6 Å². The number of hydrogen-bond acceptors (Lipinski definition) is 3. The number of carbonyl (C=O) groups excluding carboxylic acids is 1. The van der Waals surface area contributed by atoms with Crippen molar-refractivity contribution in [1.29, 1.82) is 5.26 Å². The highest BCUT2D eigenvalue weighted by Crippen LogP contribution is 2.28. The second-order valence-electron chi connectivity index (χ2n) is 5.37. The lowest BCUT2D eigenvalue weighted by atomic mass is 9.99. The Labute approximate surface area is 122 Å². The van der Waals surface area contributed by atoms with E-state index in [0.29, 0.717) is 5.56 Å². The molecule has 0 bridgehead atoms. The average Bonchev–Trinajstić information content (AvgIpc) is 2.95. The Kier molecular flexibility index (Phi) is 4.76. The molecule has 0 aliphatic heterocycles. The minimum atomic E-state index is -0.558. The maximum Gasteiger partial charge on any atom is 0.315 e. The van der Waals surface area contributed by atoms with Crippen molar-refractivity contribution in [3.8, 4) is 6.07 Å². The summed E-state index contributed by atoms with van der Waals surface area (Å²) in [5.74, 6) is -0.466. The fourth-order valence-corrected chi connectivity index (χ4v) is 2.61. The zero-order valence-electron chi connectivity index (χ0n) is 11.7. The Hall–Kier alpha value is -2.13. The van der Waals surface area contributed by atoms with Crippen molar-refractivity contribution in [3.05, 3.63) is 35.1 Å². The van der Waals surface area contributed by atoms with E-state index >= 15 is 0 Å². The molecule has 1 aromatic rings. The number of nitriles is 1. The van der Waals surface area contributed by atoms with Crippen LogP contribution in [0, 0.1) is 17.1 Å². The Morgan fingerprint density at radius 2 is 2.14 bits per heavy atom. The highest BCUT2D eigenvalue weighted by Gasteiger charge is 2.34. The van der Waals surface area contributed by atoms with Crippen molar-refractivity contribution in [3.63, 3.8) is 0 Å². The molecule has 0 atom stereocenters. The van der Waals surface area contributed by atoms with Crippen LogP contribution in [-0.2, 0) is 6.54 Å². The summed E-state index contributed by atoms with van der Waals surface area (Å²) in [6.45, 7) is -0.104. The molecule has 0 aromatic heterocycles. The zero-order chi connectivity index (χ0) is 15.3. The third-order valence-electron chi connectivity index (χ3n) is 3.86. The van der Waals surface area contributed by atoms with Crippen molar-refractivity contribution in [1.82, 2.24) is 10.6 Å². The van der Waals surface area contributed by atoms with Crippen LogP contribution in [0.15, 0.2) is 18.2 Å². The summed E-state index contributed by atoms with van der Waals surface area (Å²) in [5, 5.41) is 23.5. The highest BCUT2D eigenvalue weighted by atomic mass is 19.1. The van der Waals surface area contributed by atoms with E-state index < -0.39 is 17.4 Å². The molecule has 21 heavy (non-hydrogen) atoms. The summed E-state index contributed by atoms with van der Waals surface area (Å²) in [5.41, 5.74) is 0.0434. The first-order chi connectivity index (χ1) is 10.1. The molecule has 5 nitrogen and oxygen atoms in total. The van der Waals surface area contributed by atoms with Crippen LogP contribution in [0.25, 0.3) is 0 Å². The van der Waals surface area contributed by atoms with Crippen LogP contribution >= 0.6 is 0 Å². The Morgan fingerprint density at radius 1 is 1.43 bits per heavy atom. The van der Waals surface area contributed by atoms with Crippen LogP contribution in [0.3, 0.4) is 0 Å². The lowest BCUT2D eigenvalue weighted by molar-refractivity contribution is 0.162. The van der Waals surface area contributed by atoms with Crippen molar-refractivity contribution in [2.45, 2.75) is 37.8 Å². The van der Waals surface area contributed by atoms with Gasteiger partial charge in [-0.25, -0.2) is 9.18 Å². The predicted octanol–water partition coefficient (Wildman–Crippen LogP) is 1.80. The number of nitrogens with zero attached hydrogens (tertiary/aromatic N) is 1. The molecule has 1 aliphatic rings. The molecule has 0 radical (unpaired) electrons. The monoisotopic (exact) mass is 291 g/mol. The number of hydrogen-bond donors (Lipinski definition) is 3. The van der Waals surface area contributed by atoms with E-state index in [1.165, 1.54) is 18.2 Å². The Bertz CT molecular complexity index is 563. The van der Waals surface area contributed by atoms with E-state index in [4.69, 9.17) is 5.26 Å². The molecular formula is C15H18FN3O2. The number of carbonyl (C=O) groups is 1. The molecule has 0 saturated heterocycles. The van der Waals surface area contributed by atoms with Crippen molar-refractivity contribution < 1.29 is 14.3 Å². The van der Waals surface area contributed by atoms with Gasteiger partial charge in [-0.1, -0.05) is 12.8 Å². The van der Waals surface area contributed by atoms with Gasteiger partial charge in [0, 0.05) is 12.1 Å². The molecule has 112 valence electrons. The van der Waals surface area contributed by atoms with E-state index in [0.717, 1.165) is 25.7 Å². The summed E-state index contributed by atoms with van der Waals surface area (Å²) in [4.78, 5) is 11.9. The maximum atomic E-state index is 13.6. The number of halogens is 1. The normalized spacial score (nSPS) is 16.2. The first kappa shape index (κ1) is 15.3. The fourth-order valence-electron chi connectivity index (χ4n) is 2.61. The number of rotatable bonds is 4. The topological polar surface area (TPSA) is 85.2 Å². The smallest absolute Gasteiger partial charge is 0.315 e. The molecule has 1 saturated carbocycles. The first-order valence-electron chi connectivity index (χ1n) is 6.94. The predicted molar refractivity (Wildman–Crippen MR) is 74.8 cm³/mol. The second kappa shape index (κ2) is 6.55. The van der Waals surface area contributed by atoms with E-state index in [-0.39, 0.29) is 18.7 Å². The molecule has 2 amide bonds. The van der Waals surface area contributed by atoms with E-state index in [1.54, 1.807) is 0 Å². The third-order valence-corrected chi connectivity index (χ3v) is 3.86. The van der Waals surface area contributed by atoms with Gasteiger partial charge in [0.05, 0.1) is 23.8 Å². The largest absolute Gasteiger partial charge is 0.394 e. The van der Waals surface area contributed by atoms with Gasteiger partial charge in [0.25, 0.3) is 0 Å². The molecule has 1 aliphatic carbocycles. The van der Waals surface area contributed by atoms with Gasteiger partial charge in [-0.05, 0) is 31.0 Å². The fraction of sp³-hybridized carbons (Fsp3) is 0.467. The number of urea groups is 1. The summed E-state index contributed by atoms with van der Waals surface area (Å²) in [7, 11) is 0. The molecule has 2 rings (SSSR count). The maximum absolute atomic E-state index is 13.6. The minimum Gasteiger partial charge on any atom is -0.394 e. The van der Waals surface area contributed by atoms with Crippen molar-refractivity contribution in [2.24, 2.45) is 0 Å². The van der Waals surface area contributed by atoms with Gasteiger partial charge in [-0.3, -0.25) is 0 Å². The number of aliphatic hydroxyl groups is 1. The molecule has 3 N–H and O–H groups in total. The first-order valence-corrected chi connectivity index (χ1v) is 6.94. The number of amides is 2. The third kappa shape index (κ3) is 3.70. The van der Waals surface area contributed by atoms with Gasteiger partial charge < -0.3 is 15.7 Å². The Morgan fingerprint density at radius 3 is 2.76 bits per heavy atom. The van der Waals surface area contributed by atoms with E-state index in [9.17, 15) is 14.3 Å². The van der Waals surface area contributed by atoms with Gasteiger partial charge in [0.2, 0.25) is 0 Å². The van der Waals surface area contributed by atoms with Gasteiger partial charge in [-0.2, -0.15) is 5.26 Å². The molecule has 0 spiro atoms.